The minimum Gasteiger partial charge on any atom is -0.267 e. The molecule has 0 saturated heterocycles. The van der Waals surface area contributed by atoms with Gasteiger partial charge in [0, 0.05) is 11.1 Å². The number of rotatable bonds is 4. The Morgan fingerprint density at radius 1 is 0.958 bits per heavy atom. The molecular weight excluding hydrogens is 344 g/mol. The van der Waals surface area contributed by atoms with Crippen LogP contribution in [0.4, 0.5) is 0 Å². The number of nitrogens with zero attached hydrogens (tertiary/aromatic N) is 1. The molecule has 0 saturated carbocycles. The number of carbonyl (C=O) groups excluding carboxylic acids is 1. The maximum Gasteiger partial charge on any atom is 0.277 e. The van der Waals surface area contributed by atoms with Gasteiger partial charge in [-0.3, -0.25) is 4.79 Å². The number of thiazole rings is 1. The molecule has 2 aromatic carbocycles. The minimum atomic E-state index is -3.65. The summed E-state index contributed by atoms with van der Waals surface area (Å²) in [4.78, 5) is 17.2. The fraction of sp³-hybridized carbons (Fsp3) is 0.0588. The Kier molecular flexibility index (Phi) is 4.46. The Balaban J connectivity index is 2.12. The highest BCUT2D eigenvalue weighted by molar-refractivity contribution is 7.89. The summed E-state index contributed by atoms with van der Waals surface area (Å²) in [7, 11) is -3.65. The molecule has 0 aliphatic heterocycles. The van der Waals surface area contributed by atoms with Gasteiger partial charge in [-0.05, 0) is 0 Å². The van der Waals surface area contributed by atoms with E-state index in [1.165, 1.54) is 11.3 Å². The molecule has 0 aliphatic carbocycles. The zero-order valence-electron chi connectivity index (χ0n) is 12.8. The van der Waals surface area contributed by atoms with Crippen LogP contribution in [-0.4, -0.2) is 25.6 Å². The Morgan fingerprint density at radius 3 is 2.04 bits per heavy atom. The van der Waals surface area contributed by atoms with Crippen LogP contribution in [0, 0.1) is 0 Å². The first-order chi connectivity index (χ1) is 11.4. The van der Waals surface area contributed by atoms with Gasteiger partial charge in [0.25, 0.3) is 5.91 Å². The molecule has 1 aromatic heterocycles. The molecule has 1 N–H and O–H groups in total. The molecule has 0 fully saturated rings. The first kappa shape index (κ1) is 16.4. The summed E-state index contributed by atoms with van der Waals surface area (Å²) in [6.07, 6.45) is 0.951. The lowest BCUT2D eigenvalue weighted by molar-refractivity contribution is 0.0986. The average Bonchev–Trinajstić information content (AvgIpc) is 3.00. The molecule has 122 valence electrons. The van der Waals surface area contributed by atoms with Crippen molar-refractivity contribution in [2.45, 2.75) is 0 Å². The topological polar surface area (TPSA) is 76.1 Å². The number of amides is 1. The van der Waals surface area contributed by atoms with Crippen LogP contribution in [0.25, 0.3) is 21.8 Å². The van der Waals surface area contributed by atoms with Crippen LogP contribution in [0.2, 0.25) is 0 Å². The monoisotopic (exact) mass is 358 g/mol. The van der Waals surface area contributed by atoms with Gasteiger partial charge in [0.15, 0.2) is 0 Å². The number of aromatic nitrogens is 1. The van der Waals surface area contributed by atoms with Gasteiger partial charge in [-0.2, -0.15) is 0 Å². The molecule has 1 heterocycles. The van der Waals surface area contributed by atoms with Crippen LogP contribution in [0.3, 0.4) is 0 Å². The molecular formula is C17H14N2O3S2. The summed E-state index contributed by atoms with van der Waals surface area (Å²) in [5, 5.41) is 0.660. The van der Waals surface area contributed by atoms with E-state index in [4.69, 9.17) is 0 Å². The molecule has 0 aliphatic rings. The highest BCUT2D eigenvalue weighted by atomic mass is 32.2. The van der Waals surface area contributed by atoms with E-state index in [-0.39, 0.29) is 4.88 Å². The van der Waals surface area contributed by atoms with E-state index in [0.717, 1.165) is 17.4 Å². The predicted octanol–water partition coefficient (Wildman–Crippen LogP) is 3.17. The Bertz CT molecular complexity index is 966. The number of sulfonamides is 1. The molecule has 1 amide bonds. The lowest BCUT2D eigenvalue weighted by Crippen LogP contribution is -2.29. The van der Waals surface area contributed by atoms with Crippen molar-refractivity contribution in [2.24, 2.45) is 0 Å². The molecule has 24 heavy (non-hydrogen) atoms. The molecule has 0 bridgehead atoms. The smallest absolute Gasteiger partial charge is 0.267 e. The van der Waals surface area contributed by atoms with Gasteiger partial charge in [0.2, 0.25) is 10.0 Å². The second-order valence-corrected chi connectivity index (χ2v) is 7.88. The van der Waals surface area contributed by atoms with E-state index >= 15 is 0 Å². The summed E-state index contributed by atoms with van der Waals surface area (Å²) < 4.78 is 24.8. The van der Waals surface area contributed by atoms with Crippen LogP contribution < -0.4 is 4.72 Å². The van der Waals surface area contributed by atoms with Crippen molar-refractivity contribution in [3.63, 3.8) is 0 Å². The van der Waals surface area contributed by atoms with E-state index in [1.54, 1.807) is 0 Å². The van der Waals surface area contributed by atoms with E-state index in [9.17, 15) is 13.2 Å². The number of nitrogens with one attached hydrogen (secondary N) is 1. The van der Waals surface area contributed by atoms with Crippen LogP contribution in [0.5, 0.6) is 0 Å². The third kappa shape index (κ3) is 3.69. The van der Waals surface area contributed by atoms with Crippen molar-refractivity contribution >= 4 is 27.3 Å². The lowest BCUT2D eigenvalue weighted by Gasteiger charge is -2.03. The van der Waals surface area contributed by atoms with Gasteiger partial charge < -0.3 is 0 Å². The first-order valence-electron chi connectivity index (χ1n) is 7.08. The van der Waals surface area contributed by atoms with E-state index in [0.29, 0.717) is 10.7 Å². The molecule has 0 spiro atoms. The number of hydrogen-bond acceptors (Lipinski definition) is 5. The van der Waals surface area contributed by atoms with Crippen LogP contribution in [0.1, 0.15) is 9.67 Å². The van der Waals surface area contributed by atoms with Gasteiger partial charge in [0.1, 0.15) is 9.88 Å². The van der Waals surface area contributed by atoms with Gasteiger partial charge in [-0.1, -0.05) is 60.7 Å². The van der Waals surface area contributed by atoms with E-state index in [2.05, 4.69) is 4.98 Å². The maximum absolute atomic E-state index is 12.4. The van der Waals surface area contributed by atoms with Gasteiger partial charge >= 0.3 is 0 Å². The van der Waals surface area contributed by atoms with E-state index in [1.807, 2.05) is 65.4 Å². The van der Waals surface area contributed by atoms with E-state index < -0.39 is 15.9 Å². The molecule has 3 rings (SSSR count). The molecule has 3 aromatic rings. The number of benzene rings is 2. The first-order valence-corrected chi connectivity index (χ1v) is 9.78. The second kappa shape index (κ2) is 6.54. The highest BCUT2D eigenvalue weighted by Crippen LogP contribution is 2.33. The summed E-state index contributed by atoms with van der Waals surface area (Å²) in [5.74, 6) is -0.670. The standard InChI is InChI=1S/C17H14N2O3S2/c1-24(21,22)19-16(20)15-14(12-8-4-2-5-9-12)18-17(23-15)13-10-6-3-7-11-13/h2-11H,1H3,(H,19,20). The van der Waals surface area contributed by atoms with Gasteiger partial charge in [0.05, 0.1) is 11.9 Å². The number of hydrogen-bond donors (Lipinski definition) is 1. The fourth-order valence-electron chi connectivity index (χ4n) is 2.18. The van der Waals surface area contributed by atoms with Crippen molar-refractivity contribution in [2.75, 3.05) is 6.26 Å². The summed E-state index contributed by atoms with van der Waals surface area (Å²) in [6.45, 7) is 0. The third-order valence-corrected chi connectivity index (χ3v) is 4.84. The molecule has 5 nitrogen and oxygen atoms in total. The molecule has 0 unspecified atom stereocenters. The van der Waals surface area contributed by atoms with Gasteiger partial charge in [-0.15, -0.1) is 11.3 Å². The highest BCUT2D eigenvalue weighted by Gasteiger charge is 2.22. The predicted molar refractivity (Wildman–Crippen MR) is 95.3 cm³/mol. The van der Waals surface area contributed by atoms with Crippen molar-refractivity contribution in [3.05, 3.63) is 65.5 Å². The average molecular weight is 358 g/mol. The Hall–Kier alpha value is -2.51. The van der Waals surface area contributed by atoms with Crippen LogP contribution in [-0.2, 0) is 10.0 Å². The fourth-order valence-corrected chi connectivity index (χ4v) is 3.68. The summed E-state index contributed by atoms with van der Waals surface area (Å²) in [6, 6.07) is 18.7. The summed E-state index contributed by atoms with van der Waals surface area (Å²) in [5.41, 5.74) is 2.10. The van der Waals surface area contributed by atoms with Gasteiger partial charge in [-0.25, -0.2) is 18.1 Å². The van der Waals surface area contributed by atoms with Crippen molar-refractivity contribution < 1.29 is 13.2 Å². The van der Waals surface area contributed by atoms with Crippen molar-refractivity contribution in [3.8, 4) is 21.8 Å². The maximum atomic E-state index is 12.4. The SMILES string of the molecule is CS(=O)(=O)NC(=O)c1sc(-c2ccccc2)nc1-c1ccccc1. The third-order valence-electron chi connectivity index (χ3n) is 3.18. The second-order valence-electron chi connectivity index (χ2n) is 5.13. The lowest BCUT2D eigenvalue weighted by atomic mass is 10.1. The Labute approximate surface area is 144 Å². The largest absolute Gasteiger partial charge is 0.277 e. The molecule has 0 radical (unpaired) electrons. The Morgan fingerprint density at radius 2 is 1.50 bits per heavy atom. The summed E-state index contributed by atoms with van der Waals surface area (Å²) >= 11 is 1.17. The normalized spacial score (nSPS) is 11.2. The molecule has 0 atom stereocenters. The quantitative estimate of drug-likeness (QED) is 0.777. The minimum absolute atomic E-state index is 0.269. The zero-order valence-corrected chi connectivity index (χ0v) is 14.4. The van der Waals surface area contributed by atoms with Crippen molar-refractivity contribution in [1.82, 2.24) is 9.71 Å². The zero-order chi connectivity index (χ0) is 17.2. The van der Waals surface area contributed by atoms with Crippen LogP contribution >= 0.6 is 11.3 Å². The number of carbonyl (C=O) groups is 1. The molecule has 7 heteroatoms. The van der Waals surface area contributed by atoms with Crippen molar-refractivity contribution in [1.29, 1.82) is 0 Å². The van der Waals surface area contributed by atoms with Crippen LogP contribution in [0.15, 0.2) is 60.7 Å².